The molecular formula is C33H41N10O2P. The lowest BCUT2D eigenvalue weighted by Crippen LogP contribution is -2.62. The van der Waals surface area contributed by atoms with Gasteiger partial charge in [0, 0.05) is 62.4 Å². The van der Waals surface area contributed by atoms with Crippen molar-refractivity contribution in [2.45, 2.75) is 31.8 Å². The average Bonchev–Trinajstić information content (AvgIpc) is 3.00. The predicted octanol–water partition coefficient (Wildman–Crippen LogP) is 4.56. The standard InChI is InChI=1S/C33H41N10O2P/c1-21-15-27(29(45-4)16-28(21)42-13-9-23(10-14-42)43-19-24(20-43)41(2)3)39-33-37-18-22(17-34)32(40-33)38-26-8-7-25-30(36-12-11-35-25)31(26)46(5,6)44/h7-8,11-12,15-16,18,23-24H,9-10,13-14,19-20H2,1-6H3,(H2,37,38,39,40). The van der Waals surface area contributed by atoms with Crippen LogP contribution in [-0.4, -0.2) is 103 Å². The highest BCUT2D eigenvalue weighted by Gasteiger charge is 2.35. The summed E-state index contributed by atoms with van der Waals surface area (Å²) in [6, 6.07) is 11.2. The van der Waals surface area contributed by atoms with E-state index in [-0.39, 0.29) is 17.3 Å². The van der Waals surface area contributed by atoms with E-state index in [1.165, 1.54) is 6.20 Å². The molecule has 0 radical (unpaired) electrons. The number of rotatable bonds is 9. The highest BCUT2D eigenvalue weighted by Crippen LogP contribution is 2.41. The van der Waals surface area contributed by atoms with Gasteiger partial charge >= 0.3 is 0 Å². The fourth-order valence-corrected chi connectivity index (χ4v) is 7.80. The van der Waals surface area contributed by atoms with E-state index in [2.05, 4.69) is 84.5 Å². The van der Waals surface area contributed by atoms with Gasteiger partial charge in [0.2, 0.25) is 5.95 Å². The third-order valence-electron chi connectivity index (χ3n) is 9.02. The number of nitriles is 1. The maximum atomic E-state index is 13.4. The zero-order valence-electron chi connectivity index (χ0n) is 27.3. The summed E-state index contributed by atoms with van der Waals surface area (Å²) in [6.07, 6.45) is 6.94. The molecule has 13 heteroatoms. The van der Waals surface area contributed by atoms with Crippen LogP contribution in [0.4, 0.5) is 28.8 Å². The number of hydrogen-bond acceptors (Lipinski definition) is 12. The predicted molar refractivity (Wildman–Crippen MR) is 184 cm³/mol. The van der Waals surface area contributed by atoms with E-state index in [9.17, 15) is 9.83 Å². The van der Waals surface area contributed by atoms with Crippen LogP contribution in [0.25, 0.3) is 11.0 Å². The van der Waals surface area contributed by atoms with Gasteiger partial charge in [0.25, 0.3) is 0 Å². The number of likely N-dealkylation sites (tertiary alicyclic amines) is 1. The van der Waals surface area contributed by atoms with Crippen LogP contribution < -0.4 is 25.6 Å². The Kier molecular flexibility index (Phi) is 8.84. The summed E-state index contributed by atoms with van der Waals surface area (Å²) in [7, 11) is 3.18. The molecule has 4 heterocycles. The SMILES string of the molecule is COc1cc(N2CCC(N3CC(N(C)C)C3)CC2)c(C)cc1Nc1ncc(C#N)c(Nc2ccc3nccnc3c2P(C)(C)=O)n1. The van der Waals surface area contributed by atoms with E-state index in [1.54, 1.807) is 45.0 Å². The highest BCUT2D eigenvalue weighted by atomic mass is 31.2. The Morgan fingerprint density at radius 1 is 1.04 bits per heavy atom. The van der Waals surface area contributed by atoms with E-state index in [1.807, 2.05) is 0 Å². The van der Waals surface area contributed by atoms with Crippen LogP contribution in [0.1, 0.15) is 24.0 Å². The molecule has 2 N–H and O–H groups in total. The minimum atomic E-state index is -2.81. The van der Waals surface area contributed by atoms with Crippen molar-refractivity contribution >= 4 is 52.3 Å². The second-order valence-corrected chi connectivity index (χ2v) is 15.8. The van der Waals surface area contributed by atoms with Crippen LogP contribution in [0.5, 0.6) is 5.75 Å². The molecule has 2 aromatic heterocycles. The second kappa shape index (κ2) is 12.8. The van der Waals surface area contributed by atoms with Crippen molar-refractivity contribution in [3.05, 3.63) is 54.0 Å². The number of piperidine rings is 1. The van der Waals surface area contributed by atoms with Crippen LogP contribution in [0, 0.1) is 18.3 Å². The first-order valence-corrected chi connectivity index (χ1v) is 18.1. The summed E-state index contributed by atoms with van der Waals surface area (Å²) < 4.78 is 19.2. The van der Waals surface area contributed by atoms with Gasteiger partial charge in [-0.25, -0.2) is 4.98 Å². The number of methoxy groups -OCH3 is 1. The number of fused-ring (bicyclic) bond motifs is 1. The van der Waals surface area contributed by atoms with Crippen LogP contribution in [-0.2, 0) is 4.57 Å². The number of anilines is 5. The van der Waals surface area contributed by atoms with Gasteiger partial charge in [0.15, 0.2) is 5.82 Å². The number of hydrogen-bond donors (Lipinski definition) is 2. The van der Waals surface area contributed by atoms with Gasteiger partial charge < -0.3 is 29.7 Å². The maximum Gasteiger partial charge on any atom is 0.229 e. The van der Waals surface area contributed by atoms with Gasteiger partial charge in [-0.15, -0.1) is 0 Å². The van der Waals surface area contributed by atoms with Gasteiger partial charge in [-0.05, 0) is 71.0 Å². The van der Waals surface area contributed by atoms with Gasteiger partial charge in [-0.1, -0.05) is 0 Å². The van der Waals surface area contributed by atoms with Crippen molar-refractivity contribution in [1.82, 2.24) is 29.7 Å². The molecule has 2 aromatic carbocycles. The number of nitrogens with zero attached hydrogens (tertiary/aromatic N) is 8. The third-order valence-corrected chi connectivity index (χ3v) is 10.6. The number of benzene rings is 2. The highest BCUT2D eigenvalue weighted by molar-refractivity contribution is 7.71. The summed E-state index contributed by atoms with van der Waals surface area (Å²) in [5, 5.41) is 16.9. The Balaban J connectivity index is 1.22. The van der Waals surface area contributed by atoms with E-state index < -0.39 is 7.14 Å². The summed E-state index contributed by atoms with van der Waals surface area (Å²) in [5.41, 5.74) is 4.99. The van der Waals surface area contributed by atoms with Crippen LogP contribution >= 0.6 is 7.14 Å². The Morgan fingerprint density at radius 2 is 1.78 bits per heavy atom. The summed E-state index contributed by atoms with van der Waals surface area (Å²) in [5.74, 6) is 1.25. The molecule has 12 nitrogen and oxygen atoms in total. The molecule has 2 fully saturated rings. The van der Waals surface area contributed by atoms with Gasteiger partial charge in [-0.2, -0.15) is 10.2 Å². The Labute approximate surface area is 270 Å². The van der Waals surface area contributed by atoms with Crippen molar-refractivity contribution in [3.8, 4) is 11.8 Å². The van der Waals surface area contributed by atoms with Crippen LogP contribution in [0.3, 0.4) is 0 Å². The zero-order chi connectivity index (χ0) is 32.6. The number of aromatic nitrogens is 4. The number of nitrogens with one attached hydrogen (secondary N) is 2. The molecule has 6 rings (SSSR count). The van der Waals surface area contributed by atoms with Crippen molar-refractivity contribution < 1.29 is 9.30 Å². The number of ether oxygens (including phenoxy) is 1. The number of aryl methyl sites for hydroxylation is 1. The summed E-state index contributed by atoms with van der Waals surface area (Å²) in [6.45, 7) is 9.81. The molecule has 2 saturated heterocycles. The lowest BCUT2D eigenvalue weighted by atomic mass is 9.96. The molecule has 2 aliphatic heterocycles. The summed E-state index contributed by atoms with van der Waals surface area (Å²) >= 11 is 0. The van der Waals surface area contributed by atoms with Crippen LogP contribution in [0.2, 0.25) is 0 Å². The third kappa shape index (κ3) is 6.36. The second-order valence-electron chi connectivity index (χ2n) is 12.7. The first-order valence-electron chi connectivity index (χ1n) is 15.5. The molecular weight excluding hydrogens is 599 g/mol. The van der Waals surface area contributed by atoms with Gasteiger partial charge in [-0.3, -0.25) is 14.9 Å². The first-order chi connectivity index (χ1) is 22.0. The quantitative estimate of drug-likeness (QED) is 0.248. The van der Waals surface area contributed by atoms with E-state index in [0.717, 1.165) is 56.0 Å². The molecule has 0 bridgehead atoms. The van der Waals surface area contributed by atoms with Gasteiger partial charge in [0.1, 0.15) is 30.0 Å². The van der Waals surface area contributed by atoms with E-state index in [4.69, 9.17) is 4.74 Å². The minimum absolute atomic E-state index is 0.245. The molecule has 0 atom stereocenters. The number of likely N-dealkylation sites (N-methyl/N-ethyl adjacent to an activating group) is 1. The topological polar surface area (TPSA) is 135 Å². The zero-order valence-corrected chi connectivity index (χ0v) is 28.2. The van der Waals surface area contributed by atoms with E-state index in [0.29, 0.717) is 39.9 Å². The Morgan fingerprint density at radius 3 is 2.46 bits per heavy atom. The Hall–Kier alpha value is -4.30. The van der Waals surface area contributed by atoms with Crippen molar-refractivity contribution in [1.29, 1.82) is 5.26 Å². The molecule has 2 aliphatic rings. The molecule has 4 aromatic rings. The largest absolute Gasteiger partial charge is 0.494 e. The average molecular weight is 641 g/mol. The molecule has 0 aliphatic carbocycles. The minimum Gasteiger partial charge on any atom is -0.494 e. The normalized spacial score (nSPS) is 16.3. The smallest absolute Gasteiger partial charge is 0.229 e. The van der Waals surface area contributed by atoms with Gasteiger partial charge in [0.05, 0.1) is 35.5 Å². The lowest BCUT2D eigenvalue weighted by Gasteiger charge is -2.49. The van der Waals surface area contributed by atoms with Crippen molar-refractivity contribution in [2.24, 2.45) is 0 Å². The molecule has 0 unspecified atom stereocenters. The molecule has 0 spiro atoms. The molecule has 46 heavy (non-hydrogen) atoms. The first kappa shape index (κ1) is 31.7. The summed E-state index contributed by atoms with van der Waals surface area (Å²) in [4.78, 5) is 25.3. The molecule has 0 saturated carbocycles. The van der Waals surface area contributed by atoms with Crippen molar-refractivity contribution in [2.75, 3.05) is 76.2 Å². The van der Waals surface area contributed by atoms with Crippen molar-refractivity contribution in [3.63, 3.8) is 0 Å². The molecule has 240 valence electrons. The lowest BCUT2D eigenvalue weighted by molar-refractivity contribution is 0.0188. The fraction of sp³-hybridized carbons (Fsp3) is 0.424. The molecule has 0 amide bonds. The fourth-order valence-electron chi connectivity index (χ4n) is 6.40. The maximum absolute atomic E-state index is 13.4. The van der Waals surface area contributed by atoms with E-state index >= 15 is 0 Å². The van der Waals surface area contributed by atoms with Crippen LogP contribution in [0.15, 0.2) is 42.9 Å². The monoisotopic (exact) mass is 640 g/mol. The Bertz CT molecular complexity index is 1840.